The van der Waals surface area contributed by atoms with Crippen molar-refractivity contribution in [3.8, 4) is 11.1 Å². The number of rotatable bonds is 8. The molecule has 0 aliphatic heterocycles. The first-order chi connectivity index (χ1) is 19.8. The van der Waals surface area contributed by atoms with Crippen molar-refractivity contribution in [2.45, 2.75) is 12.8 Å². The van der Waals surface area contributed by atoms with Gasteiger partial charge in [-0.25, -0.2) is 0 Å². The predicted octanol–water partition coefficient (Wildman–Crippen LogP) is 10.4. The summed E-state index contributed by atoms with van der Waals surface area (Å²) >= 11 is 0. The first-order valence-electron chi connectivity index (χ1n) is 13.9. The topological polar surface area (TPSA) is 0 Å². The monoisotopic (exact) mass is 512 g/mol. The van der Waals surface area contributed by atoms with Crippen molar-refractivity contribution in [1.29, 1.82) is 0 Å². The fourth-order valence-electron chi connectivity index (χ4n) is 5.14. The van der Waals surface area contributed by atoms with E-state index in [-0.39, 0.29) is 0 Å². The maximum Gasteiger partial charge on any atom is -0.00256 e. The molecule has 6 aromatic rings. The van der Waals surface area contributed by atoms with Crippen LogP contribution in [0.2, 0.25) is 0 Å². The Morgan fingerprint density at radius 2 is 1.10 bits per heavy atom. The van der Waals surface area contributed by atoms with Gasteiger partial charge in [-0.15, -0.1) is 0 Å². The smallest absolute Gasteiger partial charge is 0.00256 e. The second-order valence-corrected chi connectivity index (χ2v) is 10.2. The summed E-state index contributed by atoms with van der Waals surface area (Å²) in [6.45, 7) is 0. The Bertz CT molecular complexity index is 1740. The fraction of sp³-hybridized carbons (Fsp3) is 0.0500. The van der Waals surface area contributed by atoms with Gasteiger partial charge in [-0.05, 0) is 74.2 Å². The number of allylic oxidation sites excluding steroid dienone is 3. The van der Waals surface area contributed by atoms with Crippen LogP contribution in [-0.2, 0) is 12.8 Å². The molecule has 0 N–H and O–H groups in total. The minimum Gasteiger partial charge on any atom is -0.0723 e. The van der Waals surface area contributed by atoms with Crippen LogP contribution in [0.1, 0.15) is 27.8 Å². The van der Waals surface area contributed by atoms with Crippen LogP contribution >= 0.6 is 0 Å². The predicted molar refractivity (Wildman–Crippen MR) is 172 cm³/mol. The van der Waals surface area contributed by atoms with Crippen molar-refractivity contribution in [3.63, 3.8) is 0 Å². The first-order valence-corrected chi connectivity index (χ1v) is 13.9. The second-order valence-electron chi connectivity index (χ2n) is 10.2. The maximum atomic E-state index is 2.33. The maximum absolute atomic E-state index is 2.33. The molecule has 0 atom stereocenters. The number of hydrogen-bond acceptors (Lipinski definition) is 0. The molecule has 40 heavy (non-hydrogen) atoms. The van der Waals surface area contributed by atoms with E-state index in [9.17, 15) is 0 Å². The lowest BCUT2D eigenvalue weighted by Crippen LogP contribution is -1.88. The Labute approximate surface area is 237 Å². The van der Waals surface area contributed by atoms with Crippen LogP contribution in [0, 0.1) is 0 Å². The highest BCUT2D eigenvalue weighted by Gasteiger charge is 2.04. The van der Waals surface area contributed by atoms with Gasteiger partial charge in [0.2, 0.25) is 0 Å². The van der Waals surface area contributed by atoms with Gasteiger partial charge in [0.05, 0.1) is 0 Å². The van der Waals surface area contributed by atoms with Gasteiger partial charge in [0.1, 0.15) is 0 Å². The van der Waals surface area contributed by atoms with E-state index in [4.69, 9.17) is 0 Å². The molecule has 0 heterocycles. The minimum atomic E-state index is 0.879. The van der Waals surface area contributed by atoms with E-state index in [0.717, 1.165) is 12.8 Å². The number of hydrogen-bond donors (Lipinski definition) is 0. The van der Waals surface area contributed by atoms with Gasteiger partial charge in [0.15, 0.2) is 0 Å². The molecule has 0 saturated carbocycles. The van der Waals surface area contributed by atoms with E-state index in [1.165, 1.54) is 55.3 Å². The fourth-order valence-corrected chi connectivity index (χ4v) is 5.14. The van der Waals surface area contributed by atoms with Gasteiger partial charge < -0.3 is 0 Å². The van der Waals surface area contributed by atoms with E-state index < -0.39 is 0 Å². The molecule has 0 nitrogen and oxygen atoms in total. The van der Waals surface area contributed by atoms with Crippen LogP contribution in [0.25, 0.3) is 33.5 Å². The summed E-state index contributed by atoms with van der Waals surface area (Å²) in [7, 11) is 0. The SMILES string of the molecule is C(=C\c1ccccc1)/C(=C\Cc1ccc(-c2ccc3ccc(Cc4ccccc4)cc3c2)cc1)c1ccccc1. The molecule has 6 rings (SSSR count). The molecule has 6 aromatic carbocycles. The standard InChI is InChI=1S/C40H32/c1-4-10-31(11-5-1)16-21-36(35-14-8-3-9-15-35)22-17-32-18-23-37(24-19-32)39-27-26-38-25-20-34(29-40(38)30-39)28-33-12-6-2-7-13-33/h1-16,18-27,29-30H,17,28H2/b21-16+,36-22+. The largest absolute Gasteiger partial charge is 0.0723 e. The van der Waals surface area contributed by atoms with Crippen molar-refractivity contribution >= 4 is 22.4 Å². The molecule has 0 aliphatic rings. The van der Waals surface area contributed by atoms with Crippen LogP contribution in [0.3, 0.4) is 0 Å². The highest BCUT2D eigenvalue weighted by Crippen LogP contribution is 2.27. The molecule has 0 saturated heterocycles. The van der Waals surface area contributed by atoms with Crippen LogP contribution in [0.4, 0.5) is 0 Å². The second kappa shape index (κ2) is 12.3. The molecule has 0 amide bonds. The first kappa shape index (κ1) is 25.3. The summed E-state index contributed by atoms with van der Waals surface area (Å²) < 4.78 is 0. The Morgan fingerprint density at radius 1 is 0.475 bits per heavy atom. The van der Waals surface area contributed by atoms with Crippen LogP contribution < -0.4 is 0 Å². The Kier molecular flexibility index (Phi) is 7.78. The lowest BCUT2D eigenvalue weighted by molar-refractivity contribution is 1.20. The molecule has 0 heteroatoms. The van der Waals surface area contributed by atoms with Gasteiger partial charge >= 0.3 is 0 Å². The van der Waals surface area contributed by atoms with Gasteiger partial charge in [-0.2, -0.15) is 0 Å². The van der Waals surface area contributed by atoms with Gasteiger partial charge in [0, 0.05) is 0 Å². The molecule has 0 unspecified atom stereocenters. The average molecular weight is 513 g/mol. The Balaban J connectivity index is 1.21. The van der Waals surface area contributed by atoms with Crippen molar-refractivity contribution in [1.82, 2.24) is 0 Å². The lowest BCUT2D eigenvalue weighted by atomic mass is 9.96. The number of fused-ring (bicyclic) bond motifs is 1. The minimum absolute atomic E-state index is 0.879. The highest BCUT2D eigenvalue weighted by atomic mass is 14.1. The van der Waals surface area contributed by atoms with Crippen molar-refractivity contribution in [3.05, 3.63) is 192 Å². The molecular weight excluding hydrogens is 480 g/mol. The van der Waals surface area contributed by atoms with E-state index >= 15 is 0 Å². The highest BCUT2D eigenvalue weighted by molar-refractivity contribution is 5.88. The van der Waals surface area contributed by atoms with Gasteiger partial charge in [-0.1, -0.05) is 164 Å². The molecule has 0 aliphatic carbocycles. The quantitative estimate of drug-likeness (QED) is 0.178. The molecule has 0 spiro atoms. The Morgan fingerprint density at radius 3 is 1.85 bits per heavy atom. The molecule has 0 radical (unpaired) electrons. The summed E-state index contributed by atoms with van der Waals surface area (Å²) in [6, 6.07) is 54.4. The van der Waals surface area contributed by atoms with Crippen molar-refractivity contribution in [2.75, 3.05) is 0 Å². The zero-order valence-corrected chi connectivity index (χ0v) is 22.6. The third-order valence-corrected chi connectivity index (χ3v) is 7.36. The summed E-state index contributed by atoms with van der Waals surface area (Å²) in [5.41, 5.74) is 10.1. The van der Waals surface area contributed by atoms with E-state index in [1.807, 2.05) is 0 Å². The summed E-state index contributed by atoms with van der Waals surface area (Å²) in [5.74, 6) is 0. The summed E-state index contributed by atoms with van der Waals surface area (Å²) in [6.07, 6.45) is 8.57. The zero-order valence-electron chi connectivity index (χ0n) is 22.6. The van der Waals surface area contributed by atoms with Crippen LogP contribution in [0.5, 0.6) is 0 Å². The zero-order chi connectivity index (χ0) is 27.0. The van der Waals surface area contributed by atoms with Crippen molar-refractivity contribution in [2.24, 2.45) is 0 Å². The molecular formula is C40H32. The van der Waals surface area contributed by atoms with Crippen LogP contribution in [0.15, 0.2) is 164 Å². The van der Waals surface area contributed by atoms with Gasteiger partial charge in [-0.3, -0.25) is 0 Å². The summed E-state index contributed by atoms with van der Waals surface area (Å²) in [5, 5.41) is 2.56. The van der Waals surface area contributed by atoms with Gasteiger partial charge in [0.25, 0.3) is 0 Å². The molecule has 0 bridgehead atoms. The van der Waals surface area contributed by atoms with Crippen molar-refractivity contribution < 1.29 is 0 Å². The lowest BCUT2D eigenvalue weighted by Gasteiger charge is -2.08. The molecule has 0 aromatic heterocycles. The molecule has 0 fully saturated rings. The average Bonchev–Trinajstić information content (AvgIpc) is 3.02. The third-order valence-electron chi connectivity index (χ3n) is 7.36. The third kappa shape index (κ3) is 6.37. The van der Waals surface area contributed by atoms with E-state index in [2.05, 4.69) is 170 Å². The van der Waals surface area contributed by atoms with E-state index in [1.54, 1.807) is 0 Å². The number of benzene rings is 6. The molecule has 192 valence electrons. The van der Waals surface area contributed by atoms with Crippen LogP contribution in [-0.4, -0.2) is 0 Å². The Hall–Kier alpha value is -4.94. The summed E-state index contributed by atoms with van der Waals surface area (Å²) in [4.78, 5) is 0. The normalized spacial score (nSPS) is 11.8. The van der Waals surface area contributed by atoms with E-state index in [0.29, 0.717) is 0 Å².